The van der Waals surface area contributed by atoms with E-state index >= 15 is 0 Å². The van der Waals surface area contributed by atoms with E-state index in [0.717, 1.165) is 25.7 Å². The monoisotopic (exact) mass is 256 g/mol. The van der Waals surface area contributed by atoms with E-state index in [0.29, 0.717) is 6.54 Å². The summed E-state index contributed by atoms with van der Waals surface area (Å²) in [6.07, 6.45) is 3.73. The van der Waals surface area contributed by atoms with E-state index in [1.807, 2.05) is 13.8 Å². The van der Waals surface area contributed by atoms with Gasteiger partial charge in [0.1, 0.15) is 0 Å². The van der Waals surface area contributed by atoms with Gasteiger partial charge in [0.15, 0.2) is 0 Å². The van der Waals surface area contributed by atoms with Gasteiger partial charge in [-0.2, -0.15) is 0 Å². The molecule has 5 heteroatoms. The Bertz CT molecular complexity index is 307. The Kier molecular flexibility index (Phi) is 5.44. The number of piperidine rings is 1. The molecular formula is C13H24N2O3. The van der Waals surface area contributed by atoms with Crippen molar-refractivity contribution in [3.8, 4) is 0 Å². The highest BCUT2D eigenvalue weighted by Crippen LogP contribution is 2.21. The van der Waals surface area contributed by atoms with Crippen molar-refractivity contribution < 1.29 is 14.7 Å². The molecule has 0 aliphatic carbocycles. The van der Waals surface area contributed by atoms with Crippen molar-refractivity contribution in [1.29, 1.82) is 0 Å². The molecule has 1 heterocycles. The number of hydrogen-bond acceptors (Lipinski definition) is 2. The second-order valence-electron chi connectivity index (χ2n) is 5.09. The van der Waals surface area contributed by atoms with Gasteiger partial charge in [-0.25, -0.2) is 4.79 Å². The van der Waals surface area contributed by atoms with Crippen LogP contribution in [-0.2, 0) is 4.79 Å². The van der Waals surface area contributed by atoms with Crippen LogP contribution in [0.15, 0.2) is 0 Å². The van der Waals surface area contributed by atoms with Crippen molar-refractivity contribution in [2.24, 2.45) is 0 Å². The molecule has 1 fully saturated rings. The molecule has 0 bridgehead atoms. The average molecular weight is 256 g/mol. The zero-order chi connectivity index (χ0) is 13.7. The van der Waals surface area contributed by atoms with E-state index in [4.69, 9.17) is 5.11 Å². The molecular weight excluding hydrogens is 232 g/mol. The maximum absolute atomic E-state index is 12.3. The van der Waals surface area contributed by atoms with Crippen LogP contribution in [0.2, 0.25) is 0 Å². The van der Waals surface area contributed by atoms with Crippen molar-refractivity contribution in [1.82, 2.24) is 9.80 Å². The van der Waals surface area contributed by atoms with E-state index in [1.54, 1.807) is 16.8 Å². The molecule has 0 radical (unpaired) electrons. The summed E-state index contributed by atoms with van der Waals surface area (Å²) < 4.78 is 0. The number of carboxylic acids is 1. The lowest BCUT2D eigenvalue weighted by atomic mass is 9.99. The maximum atomic E-state index is 12.3. The zero-order valence-electron chi connectivity index (χ0n) is 11.6. The second-order valence-corrected chi connectivity index (χ2v) is 5.09. The molecule has 18 heavy (non-hydrogen) atoms. The van der Waals surface area contributed by atoms with Gasteiger partial charge in [0, 0.05) is 25.7 Å². The lowest BCUT2D eigenvalue weighted by Crippen LogP contribution is -2.51. The number of nitrogens with zero attached hydrogens (tertiary/aromatic N) is 2. The van der Waals surface area contributed by atoms with E-state index in [2.05, 4.69) is 0 Å². The van der Waals surface area contributed by atoms with Crippen LogP contribution in [-0.4, -0.2) is 52.6 Å². The molecule has 0 aromatic carbocycles. The first-order chi connectivity index (χ1) is 8.47. The second kappa shape index (κ2) is 6.61. The molecule has 0 spiro atoms. The first-order valence-electron chi connectivity index (χ1n) is 6.72. The molecule has 0 saturated carbocycles. The zero-order valence-corrected chi connectivity index (χ0v) is 11.6. The van der Waals surface area contributed by atoms with Gasteiger partial charge in [0.2, 0.25) is 0 Å². The van der Waals surface area contributed by atoms with Crippen LogP contribution in [0.5, 0.6) is 0 Å². The highest BCUT2D eigenvalue weighted by Gasteiger charge is 2.31. The summed E-state index contributed by atoms with van der Waals surface area (Å²) in [5.41, 5.74) is 0. The van der Waals surface area contributed by atoms with Crippen molar-refractivity contribution in [2.45, 2.75) is 58.0 Å². The molecule has 0 aromatic heterocycles. The molecule has 1 aliphatic heterocycles. The minimum absolute atomic E-state index is 0.0321. The number of urea groups is 1. The number of carbonyl (C=O) groups is 2. The summed E-state index contributed by atoms with van der Waals surface area (Å²) in [6, 6.07) is 0.00969. The van der Waals surface area contributed by atoms with Crippen LogP contribution < -0.4 is 0 Å². The topological polar surface area (TPSA) is 60.9 Å². The van der Waals surface area contributed by atoms with E-state index in [1.165, 1.54) is 0 Å². The van der Waals surface area contributed by atoms with Crippen LogP contribution in [0.4, 0.5) is 4.79 Å². The number of carboxylic acid groups (broad SMARTS) is 1. The van der Waals surface area contributed by atoms with E-state index < -0.39 is 5.97 Å². The molecule has 1 N–H and O–H groups in total. The largest absolute Gasteiger partial charge is 0.481 e. The van der Waals surface area contributed by atoms with Gasteiger partial charge in [-0.15, -0.1) is 0 Å². The van der Waals surface area contributed by atoms with Crippen molar-refractivity contribution in [3.63, 3.8) is 0 Å². The summed E-state index contributed by atoms with van der Waals surface area (Å²) in [5.74, 6) is -0.828. The molecule has 2 unspecified atom stereocenters. The minimum atomic E-state index is -0.828. The SMILES string of the molecule is CCC(C)N(C)C(=O)N1CCCCC1CC(=O)O. The number of hydrogen-bond donors (Lipinski definition) is 1. The van der Waals surface area contributed by atoms with Gasteiger partial charge in [0.05, 0.1) is 6.42 Å². The van der Waals surface area contributed by atoms with Crippen LogP contribution in [0.3, 0.4) is 0 Å². The number of rotatable bonds is 4. The Labute approximate surface area is 109 Å². The third-order valence-corrected chi connectivity index (χ3v) is 3.84. The van der Waals surface area contributed by atoms with Crippen LogP contribution in [0, 0.1) is 0 Å². The first-order valence-corrected chi connectivity index (χ1v) is 6.72. The Morgan fingerprint density at radius 3 is 2.67 bits per heavy atom. The third-order valence-electron chi connectivity index (χ3n) is 3.84. The number of amides is 2. The molecule has 1 aliphatic rings. The summed E-state index contributed by atoms with van der Waals surface area (Å²) in [4.78, 5) is 26.7. The summed E-state index contributed by atoms with van der Waals surface area (Å²) in [7, 11) is 1.79. The molecule has 1 saturated heterocycles. The van der Waals surface area contributed by atoms with Gasteiger partial charge in [-0.3, -0.25) is 4.79 Å². The van der Waals surface area contributed by atoms with Crippen molar-refractivity contribution in [3.05, 3.63) is 0 Å². The summed E-state index contributed by atoms with van der Waals surface area (Å²) in [6.45, 7) is 4.73. The normalized spacial score (nSPS) is 21.5. The Morgan fingerprint density at radius 2 is 2.11 bits per heavy atom. The average Bonchev–Trinajstić information content (AvgIpc) is 2.36. The summed E-state index contributed by atoms with van der Waals surface area (Å²) in [5, 5.41) is 8.91. The standard InChI is InChI=1S/C13H24N2O3/c1-4-10(2)14(3)13(18)15-8-6-5-7-11(15)9-12(16)17/h10-11H,4-9H2,1-3H3,(H,16,17). The number of likely N-dealkylation sites (tertiary alicyclic amines) is 1. The summed E-state index contributed by atoms with van der Waals surface area (Å²) >= 11 is 0. The Balaban J connectivity index is 2.70. The highest BCUT2D eigenvalue weighted by atomic mass is 16.4. The highest BCUT2D eigenvalue weighted by molar-refractivity contribution is 5.76. The molecule has 1 rings (SSSR count). The Hall–Kier alpha value is -1.26. The van der Waals surface area contributed by atoms with Crippen LogP contribution in [0.25, 0.3) is 0 Å². The fraction of sp³-hybridized carbons (Fsp3) is 0.846. The predicted octanol–water partition coefficient (Wildman–Crippen LogP) is 2.17. The minimum Gasteiger partial charge on any atom is -0.481 e. The smallest absolute Gasteiger partial charge is 0.320 e. The third kappa shape index (κ3) is 3.62. The van der Waals surface area contributed by atoms with Gasteiger partial charge in [-0.05, 0) is 32.6 Å². The maximum Gasteiger partial charge on any atom is 0.320 e. The van der Waals surface area contributed by atoms with E-state index in [9.17, 15) is 9.59 Å². The van der Waals surface area contributed by atoms with Gasteiger partial charge in [-0.1, -0.05) is 6.92 Å². The lowest BCUT2D eigenvalue weighted by Gasteiger charge is -2.39. The predicted molar refractivity (Wildman–Crippen MR) is 69.5 cm³/mol. The quantitative estimate of drug-likeness (QED) is 0.838. The van der Waals surface area contributed by atoms with Gasteiger partial charge >= 0.3 is 12.0 Å². The number of carbonyl (C=O) groups excluding carboxylic acids is 1. The number of aliphatic carboxylic acids is 1. The van der Waals surface area contributed by atoms with Gasteiger partial charge < -0.3 is 14.9 Å². The molecule has 0 aromatic rings. The first kappa shape index (κ1) is 14.8. The molecule has 104 valence electrons. The van der Waals surface area contributed by atoms with Crippen LogP contribution >= 0.6 is 0 Å². The molecule has 2 amide bonds. The molecule has 5 nitrogen and oxygen atoms in total. The van der Waals surface area contributed by atoms with Crippen molar-refractivity contribution in [2.75, 3.05) is 13.6 Å². The lowest BCUT2D eigenvalue weighted by molar-refractivity contribution is -0.138. The molecule has 2 atom stereocenters. The van der Waals surface area contributed by atoms with E-state index in [-0.39, 0.29) is 24.5 Å². The fourth-order valence-electron chi connectivity index (χ4n) is 2.33. The Morgan fingerprint density at radius 1 is 1.44 bits per heavy atom. The van der Waals surface area contributed by atoms with Crippen LogP contribution in [0.1, 0.15) is 46.0 Å². The van der Waals surface area contributed by atoms with Crippen molar-refractivity contribution >= 4 is 12.0 Å². The van der Waals surface area contributed by atoms with Gasteiger partial charge in [0.25, 0.3) is 0 Å². The fourth-order valence-corrected chi connectivity index (χ4v) is 2.33.